The molecule has 0 spiro atoms. The molecular formula is C21H13N3O3S. The smallest absolute Gasteiger partial charge is 0.261 e. The Morgan fingerprint density at radius 1 is 0.929 bits per heavy atom. The molecular weight excluding hydrogens is 374 g/mol. The number of para-hydroxylation sites is 1. The van der Waals surface area contributed by atoms with Crippen molar-refractivity contribution in [3.63, 3.8) is 0 Å². The highest BCUT2D eigenvalue weighted by molar-refractivity contribution is 7.22. The topological polar surface area (TPSA) is 79.4 Å². The number of nitrogens with zero attached hydrogens (tertiary/aromatic N) is 2. The van der Waals surface area contributed by atoms with E-state index in [2.05, 4.69) is 10.3 Å². The third kappa shape index (κ3) is 2.56. The van der Waals surface area contributed by atoms with Crippen LogP contribution in [0.15, 0.2) is 60.7 Å². The minimum absolute atomic E-state index is 0.363. The lowest BCUT2D eigenvalue weighted by atomic mass is 9.94. The van der Waals surface area contributed by atoms with Gasteiger partial charge < -0.3 is 5.32 Å². The predicted octanol–water partition coefficient (Wildman–Crippen LogP) is 3.68. The minimum atomic E-state index is -0.465. The second kappa shape index (κ2) is 6.24. The first-order chi connectivity index (χ1) is 13.6. The lowest BCUT2D eigenvalue weighted by Gasteiger charge is -2.26. The highest BCUT2D eigenvalue weighted by Crippen LogP contribution is 2.30. The van der Waals surface area contributed by atoms with Gasteiger partial charge in [-0.2, -0.15) is 0 Å². The van der Waals surface area contributed by atoms with Crippen molar-refractivity contribution in [2.24, 2.45) is 0 Å². The largest absolute Gasteiger partial charge is 0.300 e. The van der Waals surface area contributed by atoms with Crippen LogP contribution in [-0.2, 0) is 4.79 Å². The Bertz CT molecular complexity index is 1210. The number of amides is 3. The number of nitrogens with one attached hydrogen (secondary N) is 1. The van der Waals surface area contributed by atoms with Crippen LogP contribution < -0.4 is 5.32 Å². The normalized spacial score (nSPS) is 13.4. The van der Waals surface area contributed by atoms with Crippen molar-refractivity contribution >= 4 is 55.2 Å². The predicted molar refractivity (Wildman–Crippen MR) is 108 cm³/mol. The van der Waals surface area contributed by atoms with Crippen LogP contribution in [0.2, 0.25) is 0 Å². The third-order valence-electron chi connectivity index (χ3n) is 4.70. The van der Waals surface area contributed by atoms with Crippen LogP contribution in [-0.4, -0.2) is 34.2 Å². The quantitative estimate of drug-likeness (QED) is 0.544. The zero-order valence-electron chi connectivity index (χ0n) is 14.5. The van der Waals surface area contributed by atoms with Gasteiger partial charge in [0.25, 0.3) is 11.8 Å². The molecule has 5 rings (SSSR count). The molecule has 3 aromatic carbocycles. The number of imide groups is 1. The van der Waals surface area contributed by atoms with Gasteiger partial charge in [-0.25, -0.2) is 4.98 Å². The summed E-state index contributed by atoms with van der Waals surface area (Å²) in [6.45, 7) is -0.363. The Labute approximate surface area is 163 Å². The molecule has 2 heterocycles. The Morgan fingerprint density at radius 2 is 1.61 bits per heavy atom. The number of hydrogen-bond acceptors (Lipinski definition) is 5. The summed E-state index contributed by atoms with van der Waals surface area (Å²) in [6.07, 6.45) is 0. The summed E-state index contributed by atoms with van der Waals surface area (Å²) in [6, 6.07) is 18.2. The number of rotatable bonds is 3. The summed E-state index contributed by atoms with van der Waals surface area (Å²) in [7, 11) is 0. The van der Waals surface area contributed by atoms with Gasteiger partial charge in [0, 0.05) is 16.5 Å². The molecule has 0 fully saturated rings. The van der Waals surface area contributed by atoms with Crippen LogP contribution >= 0.6 is 11.3 Å². The molecule has 0 atom stereocenters. The Hall–Kier alpha value is -3.58. The van der Waals surface area contributed by atoms with Gasteiger partial charge in [0.15, 0.2) is 5.13 Å². The standard InChI is InChI=1S/C21H13N3O3S/c25-17(23-21-22-15-9-1-2-10-16(15)28-21)11-24-19(26)13-7-3-5-12-6-4-8-14(18(12)13)20(24)27/h1-10H,11H2,(H,22,23,25). The number of thiazole rings is 1. The maximum absolute atomic E-state index is 12.9. The second-order valence-corrected chi connectivity index (χ2v) is 7.47. The number of carbonyl (C=O) groups is 3. The van der Waals surface area contributed by atoms with Crippen LogP contribution in [0.1, 0.15) is 20.7 Å². The van der Waals surface area contributed by atoms with Crippen molar-refractivity contribution in [3.05, 3.63) is 71.8 Å². The van der Waals surface area contributed by atoms with Crippen molar-refractivity contribution in [2.45, 2.75) is 0 Å². The van der Waals surface area contributed by atoms with E-state index in [1.807, 2.05) is 36.4 Å². The van der Waals surface area contributed by atoms with Gasteiger partial charge in [0.2, 0.25) is 5.91 Å². The van der Waals surface area contributed by atoms with Crippen molar-refractivity contribution in [1.82, 2.24) is 9.88 Å². The van der Waals surface area contributed by atoms with Gasteiger partial charge in [-0.05, 0) is 29.7 Å². The van der Waals surface area contributed by atoms with E-state index >= 15 is 0 Å². The highest BCUT2D eigenvalue weighted by atomic mass is 32.1. The average molecular weight is 387 g/mol. The molecule has 28 heavy (non-hydrogen) atoms. The van der Waals surface area contributed by atoms with E-state index in [-0.39, 0.29) is 6.54 Å². The van der Waals surface area contributed by atoms with Crippen molar-refractivity contribution in [1.29, 1.82) is 0 Å². The zero-order chi connectivity index (χ0) is 19.3. The molecule has 3 amide bonds. The Balaban J connectivity index is 1.43. The monoisotopic (exact) mass is 387 g/mol. The van der Waals surface area contributed by atoms with Crippen molar-refractivity contribution in [3.8, 4) is 0 Å². The fraction of sp³-hybridized carbons (Fsp3) is 0.0476. The van der Waals surface area contributed by atoms with Crippen LogP contribution in [0.5, 0.6) is 0 Å². The zero-order valence-corrected chi connectivity index (χ0v) is 15.3. The van der Waals surface area contributed by atoms with Gasteiger partial charge in [0.05, 0.1) is 10.2 Å². The maximum Gasteiger partial charge on any atom is 0.261 e. The van der Waals surface area contributed by atoms with Crippen LogP contribution in [0, 0.1) is 0 Å². The van der Waals surface area contributed by atoms with Gasteiger partial charge in [0.1, 0.15) is 6.54 Å². The van der Waals surface area contributed by atoms with Gasteiger partial charge in [-0.3, -0.25) is 19.3 Å². The fourth-order valence-corrected chi connectivity index (χ4v) is 4.33. The SMILES string of the molecule is O=C(CN1C(=O)c2cccc3cccc(c23)C1=O)Nc1nc2ccccc2s1. The highest BCUT2D eigenvalue weighted by Gasteiger charge is 2.33. The number of fused-ring (bicyclic) bond motifs is 1. The van der Waals surface area contributed by atoms with Crippen LogP contribution in [0.25, 0.3) is 21.0 Å². The summed E-state index contributed by atoms with van der Waals surface area (Å²) in [5, 5.41) is 4.60. The average Bonchev–Trinajstić information content (AvgIpc) is 3.11. The third-order valence-corrected chi connectivity index (χ3v) is 5.65. The number of aromatic nitrogens is 1. The summed E-state index contributed by atoms with van der Waals surface area (Å²) in [4.78, 5) is 43.6. The lowest BCUT2D eigenvalue weighted by Crippen LogP contribution is -2.44. The molecule has 4 aromatic rings. The fourth-order valence-electron chi connectivity index (χ4n) is 3.45. The molecule has 0 saturated heterocycles. The summed E-state index contributed by atoms with van der Waals surface area (Å²) >= 11 is 1.34. The molecule has 136 valence electrons. The van der Waals surface area contributed by atoms with E-state index in [9.17, 15) is 14.4 Å². The summed E-state index contributed by atoms with van der Waals surface area (Å²) in [5.41, 5.74) is 1.65. The number of hydrogen-bond donors (Lipinski definition) is 1. The number of carbonyl (C=O) groups excluding carboxylic acids is 3. The van der Waals surface area contributed by atoms with Crippen molar-refractivity contribution < 1.29 is 14.4 Å². The molecule has 1 aromatic heterocycles. The first-order valence-corrected chi connectivity index (χ1v) is 9.47. The molecule has 0 aliphatic carbocycles. The molecule has 1 N–H and O–H groups in total. The Morgan fingerprint density at radius 3 is 2.29 bits per heavy atom. The van der Waals surface area contributed by atoms with Gasteiger partial charge >= 0.3 is 0 Å². The molecule has 0 unspecified atom stereocenters. The molecule has 1 aliphatic rings. The first kappa shape index (κ1) is 16.6. The first-order valence-electron chi connectivity index (χ1n) is 8.65. The molecule has 0 saturated carbocycles. The van der Waals surface area contributed by atoms with E-state index in [1.165, 1.54) is 11.3 Å². The molecule has 7 heteroatoms. The molecule has 6 nitrogen and oxygen atoms in total. The second-order valence-electron chi connectivity index (χ2n) is 6.44. The minimum Gasteiger partial charge on any atom is -0.300 e. The molecule has 0 bridgehead atoms. The maximum atomic E-state index is 12.9. The van der Waals surface area contributed by atoms with Crippen LogP contribution in [0.3, 0.4) is 0 Å². The molecule has 0 radical (unpaired) electrons. The van der Waals surface area contributed by atoms with E-state index in [1.54, 1.807) is 24.3 Å². The van der Waals surface area contributed by atoms with E-state index in [4.69, 9.17) is 0 Å². The lowest BCUT2D eigenvalue weighted by molar-refractivity contribution is -0.116. The number of anilines is 1. The molecule has 1 aliphatic heterocycles. The summed E-state index contributed by atoms with van der Waals surface area (Å²) < 4.78 is 0.948. The van der Waals surface area contributed by atoms with E-state index in [0.29, 0.717) is 21.6 Å². The Kier molecular flexibility index (Phi) is 3.70. The van der Waals surface area contributed by atoms with E-state index < -0.39 is 17.7 Å². The summed E-state index contributed by atoms with van der Waals surface area (Å²) in [5.74, 6) is -1.39. The van der Waals surface area contributed by atoms with E-state index in [0.717, 1.165) is 20.5 Å². The number of benzene rings is 3. The van der Waals surface area contributed by atoms with Crippen LogP contribution in [0.4, 0.5) is 5.13 Å². The van der Waals surface area contributed by atoms with Crippen molar-refractivity contribution in [2.75, 3.05) is 11.9 Å². The van der Waals surface area contributed by atoms with Gasteiger partial charge in [-0.15, -0.1) is 0 Å². The van der Waals surface area contributed by atoms with Gasteiger partial charge in [-0.1, -0.05) is 47.7 Å².